The van der Waals surface area contributed by atoms with E-state index in [9.17, 15) is 0 Å². The third-order valence-electron chi connectivity index (χ3n) is 5.97. The van der Waals surface area contributed by atoms with Crippen LogP contribution >= 0.6 is 0 Å². The van der Waals surface area contributed by atoms with Crippen LogP contribution in [-0.4, -0.2) is 24.5 Å². The first-order chi connectivity index (χ1) is 14.4. The van der Waals surface area contributed by atoms with Gasteiger partial charge in [0.25, 0.3) is 0 Å². The number of aryl methyl sites for hydroxylation is 1. The fourth-order valence-electron chi connectivity index (χ4n) is 4.39. The van der Waals surface area contributed by atoms with E-state index in [2.05, 4.69) is 95.9 Å². The Labute approximate surface area is 175 Å². The van der Waals surface area contributed by atoms with E-state index in [1.165, 1.54) is 74.0 Å². The molecule has 29 heavy (non-hydrogen) atoms. The van der Waals surface area contributed by atoms with Gasteiger partial charge in [0.05, 0.1) is 0 Å². The van der Waals surface area contributed by atoms with Crippen molar-refractivity contribution in [1.29, 1.82) is 0 Å². The quantitative estimate of drug-likeness (QED) is 0.416. The largest absolute Gasteiger partial charge is 0.303 e. The van der Waals surface area contributed by atoms with Gasteiger partial charge in [-0.1, -0.05) is 96.6 Å². The van der Waals surface area contributed by atoms with Gasteiger partial charge >= 0.3 is 0 Å². The van der Waals surface area contributed by atoms with Gasteiger partial charge in [-0.3, -0.25) is 0 Å². The lowest BCUT2D eigenvalue weighted by atomic mass is 9.88. The highest BCUT2D eigenvalue weighted by atomic mass is 15.1. The minimum atomic E-state index is 1.18. The van der Waals surface area contributed by atoms with Crippen molar-refractivity contribution in [2.75, 3.05) is 19.6 Å². The number of hydrogen-bond donors (Lipinski definition) is 0. The second-order valence-electron chi connectivity index (χ2n) is 7.99. The SMILES string of the molecule is c1ccc(CCCCN2CCC(=C(c3ccccc3)c3ccccc3)CC2)cc1. The first-order valence-electron chi connectivity index (χ1n) is 11.0. The van der Waals surface area contributed by atoms with Crippen LogP contribution in [0.25, 0.3) is 5.57 Å². The lowest BCUT2D eigenvalue weighted by Crippen LogP contribution is -2.32. The van der Waals surface area contributed by atoms with Crippen LogP contribution < -0.4 is 0 Å². The maximum absolute atomic E-state index is 2.65. The van der Waals surface area contributed by atoms with Crippen LogP contribution in [0, 0.1) is 0 Å². The molecule has 0 N–H and O–H groups in total. The summed E-state index contributed by atoms with van der Waals surface area (Å²) in [4.78, 5) is 2.65. The molecule has 0 unspecified atom stereocenters. The second-order valence-corrected chi connectivity index (χ2v) is 7.99. The molecule has 1 heterocycles. The van der Waals surface area contributed by atoms with Gasteiger partial charge in [-0.15, -0.1) is 0 Å². The molecule has 1 heteroatoms. The van der Waals surface area contributed by atoms with Gasteiger partial charge in [0, 0.05) is 13.1 Å². The minimum absolute atomic E-state index is 1.18. The molecule has 0 spiro atoms. The first kappa shape index (κ1) is 19.7. The summed E-state index contributed by atoms with van der Waals surface area (Å²) in [5.41, 5.74) is 7.24. The van der Waals surface area contributed by atoms with E-state index in [-0.39, 0.29) is 0 Å². The molecule has 1 aliphatic heterocycles. The van der Waals surface area contributed by atoms with Crippen LogP contribution in [-0.2, 0) is 6.42 Å². The summed E-state index contributed by atoms with van der Waals surface area (Å²) in [6.45, 7) is 3.60. The Bertz CT molecular complexity index is 845. The molecule has 148 valence electrons. The van der Waals surface area contributed by atoms with Gasteiger partial charge in [-0.25, -0.2) is 0 Å². The summed E-state index contributed by atoms with van der Waals surface area (Å²) >= 11 is 0. The van der Waals surface area contributed by atoms with Gasteiger partial charge < -0.3 is 4.90 Å². The highest BCUT2D eigenvalue weighted by Gasteiger charge is 2.18. The first-order valence-corrected chi connectivity index (χ1v) is 11.0. The monoisotopic (exact) mass is 381 g/mol. The normalized spacial score (nSPS) is 14.7. The molecule has 3 aromatic rings. The standard InChI is InChI=1S/C28H31N/c1-4-12-24(13-5-1)14-10-11-21-29-22-19-27(20-23-29)28(25-15-6-2-7-16-25)26-17-8-3-9-18-26/h1-9,12-13,15-18H,10-11,14,19-23H2. The van der Waals surface area contributed by atoms with Crippen LogP contribution in [0.3, 0.4) is 0 Å². The lowest BCUT2D eigenvalue weighted by Gasteiger charge is -2.30. The van der Waals surface area contributed by atoms with Gasteiger partial charge in [0.2, 0.25) is 0 Å². The van der Waals surface area contributed by atoms with Crippen molar-refractivity contribution in [3.8, 4) is 0 Å². The molecule has 0 radical (unpaired) electrons. The van der Waals surface area contributed by atoms with Gasteiger partial charge in [0.1, 0.15) is 0 Å². The Hall–Kier alpha value is -2.64. The minimum Gasteiger partial charge on any atom is -0.303 e. The highest BCUT2D eigenvalue weighted by Crippen LogP contribution is 2.32. The predicted octanol–water partition coefficient (Wildman–Crippen LogP) is 6.61. The molecule has 0 bridgehead atoms. The second kappa shape index (κ2) is 10.2. The number of nitrogens with zero attached hydrogens (tertiary/aromatic N) is 1. The van der Waals surface area contributed by atoms with E-state index in [0.717, 1.165) is 0 Å². The molecule has 0 aliphatic carbocycles. The fraction of sp³-hybridized carbons (Fsp3) is 0.286. The molecule has 0 saturated carbocycles. The summed E-state index contributed by atoms with van der Waals surface area (Å²) in [7, 11) is 0. The van der Waals surface area contributed by atoms with Crippen molar-refractivity contribution in [2.45, 2.75) is 32.1 Å². The maximum Gasteiger partial charge on any atom is 0.00190 e. The van der Waals surface area contributed by atoms with E-state index in [1.807, 2.05) is 0 Å². The molecule has 1 nitrogen and oxygen atoms in total. The lowest BCUT2D eigenvalue weighted by molar-refractivity contribution is 0.252. The third kappa shape index (κ3) is 5.46. The van der Waals surface area contributed by atoms with Crippen LogP contribution in [0.2, 0.25) is 0 Å². The average Bonchev–Trinajstić information content (AvgIpc) is 2.80. The van der Waals surface area contributed by atoms with E-state index in [0.29, 0.717) is 0 Å². The predicted molar refractivity (Wildman–Crippen MR) is 124 cm³/mol. The Morgan fingerprint density at radius 1 is 0.621 bits per heavy atom. The summed E-state index contributed by atoms with van der Waals surface area (Å²) < 4.78 is 0. The summed E-state index contributed by atoms with van der Waals surface area (Å²) in [5.74, 6) is 0. The molecule has 0 amide bonds. The van der Waals surface area contributed by atoms with Crippen molar-refractivity contribution < 1.29 is 0 Å². The average molecular weight is 382 g/mol. The molecule has 1 saturated heterocycles. The van der Waals surface area contributed by atoms with E-state index < -0.39 is 0 Å². The Morgan fingerprint density at radius 2 is 1.14 bits per heavy atom. The topological polar surface area (TPSA) is 3.24 Å². The molecular formula is C28H31N. The van der Waals surface area contributed by atoms with Crippen LogP contribution in [0.1, 0.15) is 42.4 Å². The zero-order chi connectivity index (χ0) is 19.7. The van der Waals surface area contributed by atoms with Crippen molar-refractivity contribution in [3.05, 3.63) is 113 Å². The third-order valence-corrected chi connectivity index (χ3v) is 5.97. The maximum atomic E-state index is 2.65. The zero-order valence-electron chi connectivity index (χ0n) is 17.3. The van der Waals surface area contributed by atoms with Crippen LogP contribution in [0.5, 0.6) is 0 Å². The molecule has 0 atom stereocenters. The van der Waals surface area contributed by atoms with E-state index >= 15 is 0 Å². The van der Waals surface area contributed by atoms with Gasteiger partial charge in [-0.2, -0.15) is 0 Å². The molecule has 3 aromatic carbocycles. The molecule has 1 fully saturated rings. The van der Waals surface area contributed by atoms with Crippen LogP contribution in [0.4, 0.5) is 0 Å². The van der Waals surface area contributed by atoms with Crippen molar-refractivity contribution >= 4 is 5.57 Å². The number of unbranched alkanes of at least 4 members (excludes halogenated alkanes) is 1. The smallest absolute Gasteiger partial charge is 0.00190 e. The van der Waals surface area contributed by atoms with Crippen molar-refractivity contribution in [3.63, 3.8) is 0 Å². The van der Waals surface area contributed by atoms with Gasteiger partial charge in [-0.05, 0) is 60.9 Å². The molecule has 0 aromatic heterocycles. The van der Waals surface area contributed by atoms with Gasteiger partial charge in [0.15, 0.2) is 0 Å². The summed E-state index contributed by atoms with van der Waals surface area (Å²) in [6, 6.07) is 32.7. The number of piperidine rings is 1. The summed E-state index contributed by atoms with van der Waals surface area (Å²) in [5, 5.41) is 0. The number of rotatable bonds is 7. The number of hydrogen-bond acceptors (Lipinski definition) is 1. The van der Waals surface area contributed by atoms with E-state index in [1.54, 1.807) is 5.57 Å². The Morgan fingerprint density at radius 3 is 1.69 bits per heavy atom. The number of benzene rings is 3. The van der Waals surface area contributed by atoms with Crippen molar-refractivity contribution in [2.24, 2.45) is 0 Å². The Kier molecular flexibility index (Phi) is 6.94. The van der Waals surface area contributed by atoms with Crippen molar-refractivity contribution in [1.82, 2.24) is 4.90 Å². The van der Waals surface area contributed by atoms with Crippen LogP contribution in [0.15, 0.2) is 96.6 Å². The fourth-order valence-corrected chi connectivity index (χ4v) is 4.39. The van der Waals surface area contributed by atoms with E-state index in [4.69, 9.17) is 0 Å². The number of likely N-dealkylation sites (tertiary alicyclic amines) is 1. The summed E-state index contributed by atoms with van der Waals surface area (Å²) in [6.07, 6.45) is 6.13. The Balaban J connectivity index is 1.36. The zero-order valence-corrected chi connectivity index (χ0v) is 17.3. The molecule has 1 aliphatic rings. The molecular weight excluding hydrogens is 350 g/mol. The highest BCUT2D eigenvalue weighted by molar-refractivity contribution is 5.82. The molecule has 4 rings (SSSR count).